The van der Waals surface area contributed by atoms with Crippen LogP contribution in [-0.4, -0.2) is 21.0 Å². The van der Waals surface area contributed by atoms with Crippen LogP contribution in [0.15, 0.2) is 53.9 Å². The van der Waals surface area contributed by atoms with Gasteiger partial charge in [-0.1, -0.05) is 30.3 Å². The highest BCUT2D eigenvalue weighted by Gasteiger charge is 2.15. The Labute approximate surface area is 153 Å². The molecule has 3 aromatic rings. The number of carboxylic acid groups (broad SMARTS) is 1. The number of aromatic carboxylic acids is 1. The molecule has 134 valence electrons. The van der Waals surface area contributed by atoms with E-state index >= 15 is 0 Å². The molecule has 0 spiro atoms. The van der Waals surface area contributed by atoms with Crippen molar-refractivity contribution >= 4 is 17.3 Å². The average Bonchev–Trinajstić information content (AvgIpc) is 3.08. The van der Waals surface area contributed by atoms with Crippen LogP contribution in [0.3, 0.4) is 0 Å². The molecule has 0 aliphatic rings. The zero-order valence-electron chi connectivity index (χ0n) is 13.7. The fourth-order valence-corrected chi connectivity index (χ4v) is 3.37. The van der Waals surface area contributed by atoms with E-state index in [-0.39, 0.29) is 17.3 Å². The van der Waals surface area contributed by atoms with Crippen LogP contribution in [0, 0.1) is 11.6 Å². The molecule has 1 aromatic heterocycles. The molecule has 4 nitrogen and oxygen atoms in total. The Bertz CT molecular complexity index is 897. The molecule has 0 radical (unpaired) electrons. The number of benzene rings is 2. The van der Waals surface area contributed by atoms with Crippen molar-refractivity contribution in [2.45, 2.75) is 19.6 Å². The lowest BCUT2D eigenvalue weighted by molar-refractivity contribution is 0.0691. The maximum atomic E-state index is 14.0. The zero-order chi connectivity index (χ0) is 18.5. The van der Waals surface area contributed by atoms with Crippen LogP contribution >= 0.6 is 11.3 Å². The third-order valence-electron chi connectivity index (χ3n) is 3.80. The van der Waals surface area contributed by atoms with E-state index < -0.39 is 5.97 Å². The van der Waals surface area contributed by atoms with E-state index in [4.69, 9.17) is 5.11 Å². The van der Waals surface area contributed by atoms with Crippen molar-refractivity contribution in [3.8, 4) is 0 Å². The molecule has 0 unspecified atom stereocenters. The van der Waals surface area contributed by atoms with Gasteiger partial charge in [0.15, 0.2) is 5.69 Å². The second kappa shape index (κ2) is 8.16. The van der Waals surface area contributed by atoms with E-state index in [1.165, 1.54) is 34.9 Å². The van der Waals surface area contributed by atoms with E-state index in [9.17, 15) is 13.6 Å². The topological polar surface area (TPSA) is 53.4 Å². The summed E-state index contributed by atoms with van der Waals surface area (Å²) in [4.78, 5) is 17.0. The third kappa shape index (κ3) is 4.71. The Balaban J connectivity index is 1.81. The standard InChI is InChI=1S/C19H16F2N2O2S/c20-15-7-5-13(6-8-15)9-23(10-14-3-1-2-4-16(14)21)11-18-22-17(12-26-18)19(24)25/h1-8,12H,9-11H2,(H,24,25). The van der Waals surface area contributed by atoms with Crippen molar-refractivity contribution in [1.29, 1.82) is 0 Å². The van der Waals surface area contributed by atoms with Crippen LogP contribution in [0.1, 0.15) is 26.6 Å². The SMILES string of the molecule is O=C(O)c1csc(CN(Cc2ccc(F)cc2)Cc2ccccc2F)n1. The van der Waals surface area contributed by atoms with E-state index in [1.807, 2.05) is 4.90 Å². The van der Waals surface area contributed by atoms with Gasteiger partial charge in [0.25, 0.3) is 0 Å². The molecule has 0 aliphatic heterocycles. The van der Waals surface area contributed by atoms with Gasteiger partial charge in [0.2, 0.25) is 0 Å². The van der Waals surface area contributed by atoms with E-state index in [0.29, 0.717) is 30.2 Å². The van der Waals surface area contributed by atoms with Crippen molar-refractivity contribution in [3.63, 3.8) is 0 Å². The molecule has 3 rings (SSSR count). The predicted molar refractivity (Wildman–Crippen MR) is 94.8 cm³/mol. The molecule has 0 saturated carbocycles. The summed E-state index contributed by atoms with van der Waals surface area (Å²) in [5.41, 5.74) is 1.40. The van der Waals surface area contributed by atoms with Crippen LogP contribution in [0.4, 0.5) is 8.78 Å². The van der Waals surface area contributed by atoms with Crippen LogP contribution in [0.25, 0.3) is 0 Å². The number of hydrogen-bond donors (Lipinski definition) is 1. The molecule has 1 heterocycles. The summed E-state index contributed by atoms with van der Waals surface area (Å²) in [7, 11) is 0. The normalized spacial score (nSPS) is 11.0. The first-order valence-electron chi connectivity index (χ1n) is 7.89. The smallest absolute Gasteiger partial charge is 0.355 e. The fourth-order valence-electron chi connectivity index (χ4n) is 2.56. The van der Waals surface area contributed by atoms with Gasteiger partial charge < -0.3 is 5.11 Å². The van der Waals surface area contributed by atoms with Gasteiger partial charge >= 0.3 is 5.97 Å². The highest BCUT2D eigenvalue weighted by molar-refractivity contribution is 7.09. The first-order chi connectivity index (χ1) is 12.5. The molecule has 0 fully saturated rings. The minimum atomic E-state index is -1.08. The van der Waals surface area contributed by atoms with Crippen molar-refractivity contribution in [3.05, 3.63) is 87.4 Å². The lowest BCUT2D eigenvalue weighted by Gasteiger charge is -2.22. The van der Waals surface area contributed by atoms with E-state index in [1.54, 1.807) is 30.3 Å². The highest BCUT2D eigenvalue weighted by atomic mass is 32.1. The van der Waals surface area contributed by atoms with Crippen molar-refractivity contribution in [1.82, 2.24) is 9.88 Å². The maximum absolute atomic E-state index is 14.0. The second-order valence-corrected chi connectivity index (χ2v) is 6.74. The summed E-state index contributed by atoms with van der Waals surface area (Å²) in [6, 6.07) is 12.6. The molecule has 26 heavy (non-hydrogen) atoms. The molecule has 0 atom stereocenters. The average molecular weight is 374 g/mol. The lowest BCUT2D eigenvalue weighted by Crippen LogP contribution is -2.23. The number of carbonyl (C=O) groups is 1. The first-order valence-corrected chi connectivity index (χ1v) is 8.77. The van der Waals surface area contributed by atoms with Crippen LogP contribution in [0.5, 0.6) is 0 Å². The van der Waals surface area contributed by atoms with Gasteiger partial charge in [-0.3, -0.25) is 4.90 Å². The fraction of sp³-hybridized carbons (Fsp3) is 0.158. The summed E-state index contributed by atoms with van der Waals surface area (Å²) < 4.78 is 27.1. The highest BCUT2D eigenvalue weighted by Crippen LogP contribution is 2.18. The van der Waals surface area contributed by atoms with Gasteiger partial charge in [-0.25, -0.2) is 18.6 Å². The van der Waals surface area contributed by atoms with Gasteiger partial charge in [-0.15, -0.1) is 11.3 Å². The van der Waals surface area contributed by atoms with Gasteiger partial charge in [-0.2, -0.15) is 0 Å². The third-order valence-corrected chi connectivity index (χ3v) is 4.63. The molecule has 0 amide bonds. The Morgan fingerprint density at radius 1 is 1.04 bits per heavy atom. The largest absolute Gasteiger partial charge is 0.476 e. The number of rotatable bonds is 7. The Hall–Kier alpha value is -2.64. The number of nitrogens with zero attached hydrogens (tertiary/aromatic N) is 2. The van der Waals surface area contributed by atoms with Crippen molar-refractivity contribution < 1.29 is 18.7 Å². The number of halogens is 2. The molecule has 0 bridgehead atoms. The minimum Gasteiger partial charge on any atom is -0.476 e. The van der Waals surface area contributed by atoms with Gasteiger partial charge in [-0.05, 0) is 23.8 Å². The van der Waals surface area contributed by atoms with Gasteiger partial charge in [0.05, 0.1) is 6.54 Å². The van der Waals surface area contributed by atoms with Crippen molar-refractivity contribution in [2.75, 3.05) is 0 Å². The van der Waals surface area contributed by atoms with Crippen LogP contribution in [-0.2, 0) is 19.6 Å². The molecular weight excluding hydrogens is 358 g/mol. The molecule has 0 aliphatic carbocycles. The number of carboxylic acids is 1. The van der Waals surface area contributed by atoms with Gasteiger partial charge in [0, 0.05) is 24.0 Å². The Kier molecular flexibility index (Phi) is 5.70. The second-order valence-electron chi connectivity index (χ2n) is 5.79. The Morgan fingerprint density at radius 2 is 1.77 bits per heavy atom. The minimum absolute atomic E-state index is 0.00220. The van der Waals surface area contributed by atoms with E-state index in [2.05, 4.69) is 4.98 Å². The number of thiazole rings is 1. The molecule has 0 saturated heterocycles. The molecule has 1 N–H and O–H groups in total. The first kappa shape index (κ1) is 18.2. The van der Waals surface area contributed by atoms with E-state index in [0.717, 1.165) is 5.56 Å². The summed E-state index contributed by atoms with van der Waals surface area (Å²) in [5, 5.41) is 11.1. The molecular formula is C19H16F2N2O2S. The van der Waals surface area contributed by atoms with Crippen molar-refractivity contribution in [2.24, 2.45) is 0 Å². The predicted octanol–water partition coefficient (Wildman–Crippen LogP) is 4.32. The van der Waals surface area contributed by atoms with Crippen LogP contribution < -0.4 is 0 Å². The number of hydrogen-bond acceptors (Lipinski definition) is 4. The number of aromatic nitrogens is 1. The van der Waals surface area contributed by atoms with Gasteiger partial charge in [0.1, 0.15) is 16.6 Å². The molecule has 7 heteroatoms. The maximum Gasteiger partial charge on any atom is 0.355 e. The Morgan fingerprint density at radius 3 is 2.42 bits per heavy atom. The quantitative estimate of drug-likeness (QED) is 0.669. The zero-order valence-corrected chi connectivity index (χ0v) is 14.5. The summed E-state index contributed by atoms with van der Waals surface area (Å²) in [6.45, 7) is 1.15. The van der Waals surface area contributed by atoms with Crippen LogP contribution in [0.2, 0.25) is 0 Å². The summed E-state index contributed by atoms with van der Waals surface area (Å²) in [5.74, 6) is -1.70. The summed E-state index contributed by atoms with van der Waals surface area (Å²) in [6.07, 6.45) is 0. The molecule has 2 aromatic carbocycles. The monoisotopic (exact) mass is 374 g/mol. The lowest BCUT2D eigenvalue weighted by atomic mass is 10.1. The summed E-state index contributed by atoms with van der Waals surface area (Å²) >= 11 is 1.25.